The van der Waals surface area contributed by atoms with Crippen LogP contribution in [0, 0.1) is 0 Å². The number of rotatable bonds is 2. The van der Waals surface area contributed by atoms with E-state index in [2.05, 4.69) is 4.98 Å². The van der Waals surface area contributed by atoms with Gasteiger partial charge in [-0.05, 0) is 30.3 Å². The Hall–Kier alpha value is -2.60. The van der Waals surface area contributed by atoms with Gasteiger partial charge in [0.15, 0.2) is 5.76 Å². The van der Waals surface area contributed by atoms with Gasteiger partial charge in [0.2, 0.25) is 5.71 Å². The summed E-state index contributed by atoms with van der Waals surface area (Å²) in [5.41, 5.74) is 1.28. The second-order valence-electron chi connectivity index (χ2n) is 5.46. The number of amides is 1. The summed E-state index contributed by atoms with van der Waals surface area (Å²) < 4.78 is 16.2. The summed E-state index contributed by atoms with van der Waals surface area (Å²) in [4.78, 5) is 18.7. The average molecular weight is 312 g/mol. The van der Waals surface area contributed by atoms with Gasteiger partial charge in [-0.3, -0.25) is 4.79 Å². The van der Waals surface area contributed by atoms with Crippen LogP contribution in [0.15, 0.2) is 34.7 Å². The Balaban J connectivity index is 1.74. The molecule has 0 radical (unpaired) electrons. The van der Waals surface area contributed by atoms with Crippen molar-refractivity contribution in [1.82, 2.24) is 9.88 Å². The van der Waals surface area contributed by atoms with Gasteiger partial charge in [-0.25, -0.2) is 4.98 Å². The zero-order valence-corrected chi connectivity index (χ0v) is 12.7. The van der Waals surface area contributed by atoms with Crippen molar-refractivity contribution in [2.45, 2.75) is 0 Å². The third kappa shape index (κ3) is 2.51. The predicted octanol–water partition coefficient (Wildman–Crippen LogP) is 2.46. The van der Waals surface area contributed by atoms with Crippen LogP contribution in [0.25, 0.3) is 22.0 Å². The van der Waals surface area contributed by atoms with Crippen molar-refractivity contribution >= 4 is 27.9 Å². The molecule has 2 aromatic heterocycles. The van der Waals surface area contributed by atoms with Crippen molar-refractivity contribution in [3.05, 3.63) is 36.1 Å². The molecule has 1 fully saturated rings. The highest BCUT2D eigenvalue weighted by molar-refractivity contribution is 5.98. The summed E-state index contributed by atoms with van der Waals surface area (Å²) in [7, 11) is 1.63. The Kier molecular flexibility index (Phi) is 3.38. The number of ether oxygens (including phenoxy) is 2. The number of nitrogens with zero attached hydrogens (tertiary/aromatic N) is 2. The molecule has 1 aliphatic rings. The molecule has 3 heterocycles. The van der Waals surface area contributed by atoms with Crippen molar-refractivity contribution in [2.24, 2.45) is 0 Å². The maximum absolute atomic E-state index is 12.5. The molecule has 0 aliphatic carbocycles. The lowest BCUT2D eigenvalue weighted by Crippen LogP contribution is -2.40. The van der Waals surface area contributed by atoms with Gasteiger partial charge in [0.25, 0.3) is 5.91 Å². The number of carbonyl (C=O) groups excluding carboxylic acids is 1. The number of hydrogen-bond acceptors (Lipinski definition) is 5. The minimum atomic E-state index is -0.118. The Labute approximate surface area is 132 Å². The van der Waals surface area contributed by atoms with Gasteiger partial charge in [-0.2, -0.15) is 0 Å². The van der Waals surface area contributed by atoms with E-state index in [-0.39, 0.29) is 5.91 Å². The minimum absolute atomic E-state index is 0.118. The van der Waals surface area contributed by atoms with E-state index in [0.717, 1.165) is 22.0 Å². The molecule has 1 saturated heterocycles. The van der Waals surface area contributed by atoms with Gasteiger partial charge in [-0.15, -0.1) is 0 Å². The van der Waals surface area contributed by atoms with Crippen LogP contribution < -0.4 is 4.74 Å². The second kappa shape index (κ2) is 5.55. The first kappa shape index (κ1) is 14.0. The summed E-state index contributed by atoms with van der Waals surface area (Å²) in [6, 6.07) is 9.35. The molecule has 23 heavy (non-hydrogen) atoms. The summed E-state index contributed by atoms with van der Waals surface area (Å²) >= 11 is 0. The Morgan fingerprint density at radius 1 is 1.17 bits per heavy atom. The largest absolute Gasteiger partial charge is 0.497 e. The predicted molar refractivity (Wildman–Crippen MR) is 84.8 cm³/mol. The standard InChI is InChI=1S/C17H16N2O4/c1-21-13-2-3-14-11(9-13)8-12-10-15(23-16(12)18-14)17(20)19-4-6-22-7-5-19/h2-3,8-10H,4-7H2,1H3. The maximum atomic E-state index is 12.5. The van der Waals surface area contributed by atoms with Crippen LogP contribution in [0.1, 0.15) is 10.6 Å². The van der Waals surface area contributed by atoms with Gasteiger partial charge < -0.3 is 18.8 Å². The van der Waals surface area contributed by atoms with Gasteiger partial charge in [0.05, 0.1) is 25.8 Å². The summed E-state index contributed by atoms with van der Waals surface area (Å²) in [6.45, 7) is 2.30. The maximum Gasteiger partial charge on any atom is 0.289 e. The summed E-state index contributed by atoms with van der Waals surface area (Å²) in [6.07, 6.45) is 0. The van der Waals surface area contributed by atoms with Crippen LogP contribution in [-0.4, -0.2) is 49.2 Å². The molecule has 0 unspecified atom stereocenters. The number of aromatic nitrogens is 1. The molecule has 1 aromatic carbocycles. The Morgan fingerprint density at radius 3 is 2.78 bits per heavy atom. The van der Waals surface area contributed by atoms with Crippen molar-refractivity contribution in [3.63, 3.8) is 0 Å². The number of hydrogen-bond donors (Lipinski definition) is 0. The van der Waals surface area contributed by atoms with Crippen LogP contribution in [0.2, 0.25) is 0 Å². The number of methoxy groups -OCH3 is 1. The lowest BCUT2D eigenvalue weighted by Gasteiger charge is -2.25. The third-order valence-corrected chi connectivity index (χ3v) is 4.02. The average Bonchev–Trinajstić information content (AvgIpc) is 3.02. The highest BCUT2D eigenvalue weighted by Gasteiger charge is 2.22. The number of fused-ring (bicyclic) bond motifs is 2. The van der Waals surface area contributed by atoms with Gasteiger partial charge in [0, 0.05) is 23.9 Å². The topological polar surface area (TPSA) is 64.8 Å². The first-order chi connectivity index (χ1) is 11.2. The number of furan rings is 1. The van der Waals surface area contributed by atoms with Gasteiger partial charge in [-0.1, -0.05) is 0 Å². The molecule has 0 N–H and O–H groups in total. The molecule has 0 bridgehead atoms. The fourth-order valence-electron chi connectivity index (χ4n) is 2.77. The number of pyridine rings is 1. The van der Waals surface area contributed by atoms with E-state index < -0.39 is 0 Å². The normalized spacial score (nSPS) is 15.3. The van der Waals surface area contributed by atoms with Crippen LogP contribution in [0.3, 0.4) is 0 Å². The summed E-state index contributed by atoms with van der Waals surface area (Å²) in [5.74, 6) is 0.969. The second-order valence-corrected chi connectivity index (χ2v) is 5.46. The van der Waals surface area contributed by atoms with E-state index >= 15 is 0 Å². The first-order valence-electron chi connectivity index (χ1n) is 7.50. The van der Waals surface area contributed by atoms with Crippen molar-refractivity contribution in [3.8, 4) is 5.75 Å². The number of benzene rings is 1. The smallest absolute Gasteiger partial charge is 0.289 e. The molecule has 118 valence electrons. The van der Waals surface area contributed by atoms with E-state index in [1.54, 1.807) is 18.1 Å². The van der Waals surface area contributed by atoms with E-state index in [0.29, 0.717) is 37.8 Å². The Morgan fingerprint density at radius 2 is 2.00 bits per heavy atom. The van der Waals surface area contributed by atoms with E-state index in [4.69, 9.17) is 13.9 Å². The molecular formula is C17H16N2O4. The van der Waals surface area contributed by atoms with Crippen molar-refractivity contribution in [2.75, 3.05) is 33.4 Å². The zero-order valence-electron chi connectivity index (χ0n) is 12.7. The molecule has 0 saturated carbocycles. The molecular weight excluding hydrogens is 296 g/mol. The van der Waals surface area contributed by atoms with Crippen LogP contribution in [0.5, 0.6) is 5.75 Å². The lowest BCUT2D eigenvalue weighted by atomic mass is 10.2. The molecule has 0 atom stereocenters. The van der Waals surface area contributed by atoms with Crippen molar-refractivity contribution in [1.29, 1.82) is 0 Å². The van der Waals surface area contributed by atoms with Crippen LogP contribution in [-0.2, 0) is 4.74 Å². The molecule has 4 rings (SSSR count). The third-order valence-electron chi connectivity index (χ3n) is 4.02. The Bertz CT molecular complexity index is 881. The molecule has 0 spiro atoms. The van der Waals surface area contributed by atoms with E-state index in [1.165, 1.54) is 0 Å². The highest BCUT2D eigenvalue weighted by Crippen LogP contribution is 2.26. The first-order valence-corrected chi connectivity index (χ1v) is 7.50. The molecule has 3 aromatic rings. The number of carbonyl (C=O) groups is 1. The molecule has 1 aliphatic heterocycles. The quantitative estimate of drug-likeness (QED) is 0.727. The number of morpholine rings is 1. The lowest BCUT2D eigenvalue weighted by molar-refractivity contribution is 0.0284. The highest BCUT2D eigenvalue weighted by atomic mass is 16.5. The molecule has 6 nitrogen and oxygen atoms in total. The van der Waals surface area contributed by atoms with Gasteiger partial charge >= 0.3 is 0 Å². The SMILES string of the molecule is COc1ccc2nc3oc(C(=O)N4CCOCC4)cc3cc2c1. The summed E-state index contributed by atoms with van der Waals surface area (Å²) in [5, 5.41) is 1.75. The van der Waals surface area contributed by atoms with Crippen molar-refractivity contribution < 1.29 is 18.7 Å². The van der Waals surface area contributed by atoms with Crippen LogP contribution >= 0.6 is 0 Å². The van der Waals surface area contributed by atoms with E-state index in [9.17, 15) is 4.79 Å². The molecule has 1 amide bonds. The van der Waals surface area contributed by atoms with E-state index in [1.807, 2.05) is 24.3 Å². The van der Waals surface area contributed by atoms with Gasteiger partial charge in [0.1, 0.15) is 5.75 Å². The molecule has 6 heteroatoms. The zero-order chi connectivity index (χ0) is 15.8. The van der Waals surface area contributed by atoms with Crippen LogP contribution in [0.4, 0.5) is 0 Å². The minimum Gasteiger partial charge on any atom is -0.497 e. The monoisotopic (exact) mass is 312 g/mol. The fourth-order valence-corrected chi connectivity index (χ4v) is 2.77. The fraction of sp³-hybridized carbons (Fsp3) is 0.294.